The molecule has 1 aliphatic rings. The molecule has 0 radical (unpaired) electrons. The fraction of sp³-hybridized carbons (Fsp3) is 0.500. The van der Waals surface area contributed by atoms with Crippen molar-refractivity contribution in [2.45, 2.75) is 25.7 Å². The minimum Gasteiger partial charge on any atom is -0.495 e. The van der Waals surface area contributed by atoms with Crippen molar-refractivity contribution in [3.05, 3.63) is 24.0 Å². The Bertz CT molecular complexity index is 356. The summed E-state index contributed by atoms with van der Waals surface area (Å²) in [6.07, 6.45) is 7.64. The lowest BCUT2D eigenvalue weighted by Crippen LogP contribution is -2.11. The lowest BCUT2D eigenvalue weighted by Gasteiger charge is -2.08. The Morgan fingerprint density at radius 3 is 2.80 bits per heavy atom. The highest BCUT2D eigenvalue weighted by Crippen LogP contribution is 2.28. The Morgan fingerprint density at radius 2 is 2.13 bits per heavy atom. The molecule has 3 nitrogen and oxygen atoms in total. The van der Waals surface area contributed by atoms with Crippen LogP contribution in [0.1, 0.15) is 36.0 Å². The van der Waals surface area contributed by atoms with Gasteiger partial charge >= 0.3 is 0 Å². The summed E-state index contributed by atoms with van der Waals surface area (Å²) < 4.78 is 5.05. The van der Waals surface area contributed by atoms with Crippen LogP contribution in [0.15, 0.2) is 18.5 Å². The van der Waals surface area contributed by atoms with Crippen LogP contribution in [-0.2, 0) is 0 Å². The van der Waals surface area contributed by atoms with E-state index in [0.717, 1.165) is 12.8 Å². The van der Waals surface area contributed by atoms with Gasteiger partial charge in [0.25, 0.3) is 0 Å². The molecule has 1 aromatic rings. The Morgan fingerprint density at radius 1 is 1.40 bits per heavy atom. The Hall–Kier alpha value is -1.38. The molecular weight excluding hydrogens is 190 g/mol. The molecule has 0 aliphatic heterocycles. The molecule has 1 heterocycles. The minimum atomic E-state index is 0.207. The van der Waals surface area contributed by atoms with Crippen molar-refractivity contribution >= 4 is 5.78 Å². The molecule has 1 aliphatic carbocycles. The Labute approximate surface area is 89.5 Å². The highest BCUT2D eigenvalue weighted by Gasteiger charge is 2.24. The number of ketones is 1. The number of nitrogens with zero attached hydrogens (tertiary/aromatic N) is 1. The van der Waals surface area contributed by atoms with E-state index in [2.05, 4.69) is 4.98 Å². The van der Waals surface area contributed by atoms with Gasteiger partial charge in [-0.1, -0.05) is 12.8 Å². The number of rotatable bonds is 3. The maximum atomic E-state index is 12.0. The molecule has 0 amide bonds. The van der Waals surface area contributed by atoms with E-state index in [9.17, 15) is 4.79 Å². The third kappa shape index (κ3) is 2.17. The molecule has 3 heteroatoms. The summed E-state index contributed by atoms with van der Waals surface area (Å²) in [5, 5.41) is 0. The molecule has 0 spiro atoms. The van der Waals surface area contributed by atoms with Crippen LogP contribution in [0.25, 0.3) is 0 Å². The molecule has 1 aromatic heterocycles. The number of hydrogen-bond donors (Lipinski definition) is 0. The van der Waals surface area contributed by atoms with Gasteiger partial charge in [-0.15, -0.1) is 0 Å². The summed E-state index contributed by atoms with van der Waals surface area (Å²) in [5.74, 6) is 1.08. The summed E-state index contributed by atoms with van der Waals surface area (Å²) in [7, 11) is 1.58. The molecule has 1 saturated carbocycles. The molecule has 0 N–H and O–H groups in total. The minimum absolute atomic E-state index is 0.207. The van der Waals surface area contributed by atoms with Crippen molar-refractivity contribution in [1.29, 1.82) is 0 Å². The van der Waals surface area contributed by atoms with Gasteiger partial charge in [0, 0.05) is 17.7 Å². The maximum absolute atomic E-state index is 12.0. The quantitative estimate of drug-likeness (QED) is 0.711. The molecule has 2 rings (SSSR count). The highest BCUT2D eigenvalue weighted by atomic mass is 16.5. The van der Waals surface area contributed by atoms with Crippen molar-refractivity contribution in [3.63, 3.8) is 0 Å². The summed E-state index contributed by atoms with van der Waals surface area (Å²) in [4.78, 5) is 16.0. The average Bonchev–Trinajstić information content (AvgIpc) is 2.81. The van der Waals surface area contributed by atoms with E-state index in [1.807, 2.05) is 0 Å². The number of ether oxygens (including phenoxy) is 1. The number of aromatic nitrogens is 1. The van der Waals surface area contributed by atoms with Crippen LogP contribution in [0, 0.1) is 5.92 Å². The van der Waals surface area contributed by atoms with Crippen LogP contribution in [0.3, 0.4) is 0 Å². The molecule has 80 valence electrons. The van der Waals surface area contributed by atoms with Crippen LogP contribution in [0.4, 0.5) is 0 Å². The topological polar surface area (TPSA) is 39.2 Å². The van der Waals surface area contributed by atoms with Gasteiger partial charge in [-0.3, -0.25) is 9.78 Å². The van der Waals surface area contributed by atoms with Crippen molar-refractivity contribution in [3.8, 4) is 5.75 Å². The van der Waals surface area contributed by atoms with Gasteiger partial charge in [0.15, 0.2) is 5.78 Å². The molecule has 0 saturated heterocycles. The fourth-order valence-electron chi connectivity index (χ4n) is 2.09. The molecular formula is C12H15NO2. The van der Waals surface area contributed by atoms with Gasteiger partial charge in [-0.2, -0.15) is 0 Å². The van der Waals surface area contributed by atoms with Crippen molar-refractivity contribution in [1.82, 2.24) is 4.98 Å². The third-order valence-corrected chi connectivity index (χ3v) is 2.96. The third-order valence-electron chi connectivity index (χ3n) is 2.96. The zero-order valence-corrected chi connectivity index (χ0v) is 8.90. The van der Waals surface area contributed by atoms with E-state index in [1.54, 1.807) is 25.6 Å². The maximum Gasteiger partial charge on any atom is 0.167 e. The van der Waals surface area contributed by atoms with Gasteiger partial charge in [0.05, 0.1) is 13.3 Å². The van der Waals surface area contributed by atoms with Crippen LogP contribution in [0.2, 0.25) is 0 Å². The number of methoxy groups -OCH3 is 1. The zero-order chi connectivity index (χ0) is 10.7. The van der Waals surface area contributed by atoms with E-state index in [1.165, 1.54) is 12.8 Å². The Kier molecular flexibility index (Phi) is 2.99. The lowest BCUT2D eigenvalue weighted by atomic mass is 9.97. The number of pyridine rings is 1. The second-order valence-electron chi connectivity index (χ2n) is 3.96. The number of hydrogen-bond acceptors (Lipinski definition) is 3. The van der Waals surface area contributed by atoms with E-state index >= 15 is 0 Å². The normalized spacial score (nSPS) is 16.6. The average molecular weight is 205 g/mol. The lowest BCUT2D eigenvalue weighted by molar-refractivity contribution is 0.0922. The molecule has 1 fully saturated rings. The van der Waals surface area contributed by atoms with Crippen molar-refractivity contribution < 1.29 is 9.53 Å². The van der Waals surface area contributed by atoms with Gasteiger partial charge < -0.3 is 4.74 Å². The van der Waals surface area contributed by atoms with Crippen LogP contribution in [0.5, 0.6) is 5.75 Å². The molecule has 0 atom stereocenters. The highest BCUT2D eigenvalue weighted by molar-refractivity contribution is 5.98. The van der Waals surface area contributed by atoms with Crippen LogP contribution in [-0.4, -0.2) is 17.9 Å². The number of Topliss-reactive ketones (excluding diaryl/α,β-unsaturated/α-hetero) is 1. The van der Waals surface area contributed by atoms with Gasteiger partial charge in [-0.05, 0) is 18.9 Å². The molecule has 0 bridgehead atoms. The van der Waals surface area contributed by atoms with Crippen molar-refractivity contribution in [2.24, 2.45) is 5.92 Å². The summed E-state index contributed by atoms with van der Waals surface area (Å²) in [5.41, 5.74) is 0.682. The first-order valence-electron chi connectivity index (χ1n) is 5.34. The van der Waals surface area contributed by atoms with Crippen LogP contribution >= 0.6 is 0 Å². The van der Waals surface area contributed by atoms with E-state index in [0.29, 0.717) is 11.3 Å². The predicted molar refractivity (Wildman–Crippen MR) is 57.1 cm³/mol. The fourth-order valence-corrected chi connectivity index (χ4v) is 2.09. The number of carbonyl (C=O) groups excluding carboxylic acids is 1. The zero-order valence-electron chi connectivity index (χ0n) is 8.90. The van der Waals surface area contributed by atoms with Crippen LogP contribution < -0.4 is 4.74 Å². The largest absolute Gasteiger partial charge is 0.495 e. The second-order valence-corrected chi connectivity index (χ2v) is 3.96. The van der Waals surface area contributed by atoms with E-state index < -0.39 is 0 Å². The molecule has 0 aromatic carbocycles. The second kappa shape index (κ2) is 4.43. The van der Waals surface area contributed by atoms with Gasteiger partial charge in [-0.25, -0.2) is 0 Å². The van der Waals surface area contributed by atoms with Gasteiger partial charge in [0.2, 0.25) is 0 Å². The first kappa shape index (κ1) is 10.1. The number of carbonyl (C=O) groups is 1. The monoisotopic (exact) mass is 205 g/mol. The first-order chi connectivity index (χ1) is 7.31. The smallest absolute Gasteiger partial charge is 0.167 e. The summed E-state index contributed by atoms with van der Waals surface area (Å²) in [6.45, 7) is 0. The SMILES string of the molecule is COc1cncc(C(=O)C2CCCC2)c1. The summed E-state index contributed by atoms with van der Waals surface area (Å²) in [6, 6.07) is 1.77. The Balaban J connectivity index is 2.17. The molecule has 15 heavy (non-hydrogen) atoms. The summed E-state index contributed by atoms with van der Waals surface area (Å²) >= 11 is 0. The van der Waals surface area contributed by atoms with Gasteiger partial charge in [0.1, 0.15) is 5.75 Å². The predicted octanol–water partition coefficient (Wildman–Crippen LogP) is 2.46. The molecule has 0 unspecified atom stereocenters. The standard InChI is InChI=1S/C12H15NO2/c1-15-11-6-10(7-13-8-11)12(14)9-4-2-3-5-9/h6-9H,2-5H2,1H3. The van der Waals surface area contributed by atoms with E-state index in [4.69, 9.17) is 4.74 Å². The first-order valence-corrected chi connectivity index (χ1v) is 5.34. The van der Waals surface area contributed by atoms with Crippen molar-refractivity contribution in [2.75, 3.05) is 7.11 Å². The van der Waals surface area contributed by atoms with E-state index in [-0.39, 0.29) is 11.7 Å².